The molecule has 1 aromatic heterocycles. The van der Waals surface area contributed by atoms with Crippen molar-refractivity contribution >= 4 is 17.4 Å². The summed E-state index contributed by atoms with van der Waals surface area (Å²) in [5.41, 5.74) is 5.75. The number of likely N-dealkylation sites (tertiary alicyclic amines) is 1. The van der Waals surface area contributed by atoms with E-state index < -0.39 is 0 Å². The lowest BCUT2D eigenvalue weighted by molar-refractivity contribution is 0.161. The van der Waals surface area contributed by atoms with Crippen LogP contribution in [-0.2, 0) is 5.54 Å². The molecule has 0 radical (unpaired) electrons. The first-order valence-corrected chi connectivity index (χ1v) is 10.8. The zero-order chi connectivity index (χ0) is 20.7. The van der Waals surface area contributed by atoms with Gasteiger partial charge in [0.05, 0.1) is 16.9 Å². The van der Waals surface area contributed by atoms with Gasteiger partial charge in [0.25, 0.3) is 0 Å². The molecule has 2 aliphatic heterocycles. The van der Waals surface area contributed by atoms with E-state index >= 15 is 0 Å². The van der Waals surface area contributed by atoms with Crippen LogP contribution in [0.2, 0.25) is 0 Å². The monoisotopic (exact) mass is 400 g/mol. The summed E-state index contributed by atoms with van der Waals surface area (Å²) in [6.07, 6.45) is 4.00. The first-order valence-electron chi connectivity index (χ1n) is 10.8. The second kappa shape index (κ2) is 7.24. The van der Waals surface area contributed by atoms with Gasteiger partial charge in [-0.15, -0.1) is 0 Å². The predicted molar refractivity (Wildman–Crippen MR) is 121 cm³/mol. The van der Waals surface area contributed by atoms with E-state index in [1.807, 2.05) is 36.1 Å². The van der Waals surface area contributed by atoms with Crippen LogP contribution in [0, 0.1) is 6.92 Å². The van der Waals surface area contributed by atoms with Gasteiger partial charge in [0.2, 0.25) is 0 Å². The summed E-state index contributed by atoms with van der Waals surface area (Å²) in [6, 6.07) is 21.0. The van der Waals surface area contributed by atoms with E-state index in [9.17, 15) is 4.79 Å². The zero-order valence-electron chi connectivity index (χ0n) is 17.6. The Morgan fingerprint density at radius 1 is 0.967 bits per heavy atom. The fourth-order valence-electron chi connectivity index (χ4n) is 5.22. The number of carbonyl (C=O) groups is 1. The molecular formula is C25H28N4O. The summed E-state index contributed by atoms with van der Waals surface area (Å²) in [5.74, 6) is 0. The number of benzene rings is 2. The number of nitrogens with zero attached hydrogens (tertiary/aromatic N) is 3. The predicted octanol–water partition coefficient (Wildman–Crippen LogP) is 5.15. The molecular weight excluding hydrogens is 372 g/mol. The number of piperidine rings is 1. The molecule has 5 heteroatoms. The van der Waals surface area contributed by atoms with Crippen LogP contribution in [0.3, 0.4) is 0 Å². The molecule has 3 heterocycles. The van der Waals surface area contributed by atoms with Crippen molar-refractivity contribution in [1.29, 1.82) is 0 Å². The maximum atomic E-state index is 12.9. The molecule has 2 aliphatic rings. The molecule has 5 rings (SSSR count). The van der Waals surface area contributed by atoms with Crippen molar-refractivity contribution in [1.82, 2.24) is 9.47 Å². The highest BCUT2D eigenvalue weighted by Crippen LogP contribution is 2.47. The Morgan fingerprint density at radius 3 is 2.40 bits per heavy atom. The van der Waals surface area contributed by atoms with Gasteiger partial charge in [-0.05, 0) is 62.6 Å². The van der Waals surface area contributed by atoms with E-state index in [0.717, 1.165) is 43.7 Å². The molecule has 1 spiro atoms. The molecule has 0 unspecified atom stereocenters. The first-order chi connectivity index (χ1) is 14.6. The fraction of sp³-hybridized carbons (Fsp3) is 0.320. The van der Waals surface area contributed by atoms with E-state index in [2.05, 4.69) is 64.3 Å². The van der Waals surface area contributed by atoms with E-state index in [-0.39, 0.29) is 11.6 Å². The highest BCUT2D eigenvalue weighted by Gasteiger charge is 2.46. The number of hydrogen-bond donors (Lipinski definition) is 1. The van der Waals surface area contributed by atoms with Crippen molar-refractivity contribution in [2.75, 3.05) is 29.9 Å². The van der Waals surface area contributed by atoms with Gasteiger partial charge in [-0.2, -0.15) is 0 Å². The molecule has 2 aromatic carbocycles. The Morgan fingerprint density at radius 2 is 1.67 bits per heavy atom. The third-order valence-electron chi connectivity index (χ3n) is 6.76. The van der Waals surface area contributed by atoms with E-state index in [4.69, 9.17) is 0 Å². The number of para-hydroxylation sites is 3. The molecule has 154 valence electrons. The van der Waals surface area contributed by atoms with E-state index in [1.54, 1.807) is 0 Å². The molecule has 1 saturated heterocycles. The molecule has 1 fully saturated rings. The van der Waals surface area contributed by atoms with Crippen LogP contribution in [-0.4, -0.2) is 35.1 Å². The lowest BCUT2D eigenvalue weighted by Crippen LogP contribution is -2.57. The summed E-state index contributed by atoms with van der Waals surface area (Å²) >= 11 is 0. The zero-order valence-corrected chi connectivity index (χ0v) is 17.6. The van der Waals surface area contributed by atoms with Crippen molar-refractivity contribution in [2.45, 2.75) is 32.2 Å². The molecule has 0 atom stereocenters. The van der Waals surface area contributed by atoms with Gasteiger partial charge in [0.1, 0.15) is 0 Å². The number of aromatic nitrogens is 1. The second-order valence-electron chi connectivity index (χ2n) is 8.26. The summed E-state index contributed by atoms with van der Waals surface area (Å²) in [7, 11) is 0. The van der Waals surface area contributed by atoms with Crippen molar-refractivity contribution in [3.05, 3.63) is 78.1 Å². The molecule has 0 bridgehead atoms. The van der Waals surface area contributed by atoms with Crippen LogP contribution < -0.4 is 10.2 Å². The summed E-state index contributed by atoms with van der Waals surface area (Å²) in [6.45, 7) is 6.67. The fourth-order valence-corrected chi connectivity index (χ4v) is 5.22. The SMILES string of the molecule is CCN1c2ccccc2-n2cccc2C12CCN(C(=O)Nc1ccccc1C)CC2. The minimum Gasteiger partial charge on any atom is -0.359 e. The number of rotatable bonds is 2. The quantitative estimate of drug-likeness (QED) is 0.646. The van der Waals surface area contributed by atoms with Crippen molar-refractivity contribution in [3.8, 4) is 5.69 Å². The largest absolute Gasteiger partial charge is 0.359 e. The maximum absolute atomic E-state index is 12.9. The highest BCUT2D eigenvalue weighted by molar-refractivity contribution is 5.90. The van der Waals surface area contributed by atoms with Crippen LogP contribution in [0.4, 0.5) is 16.2 Å². The number of hydrogen-bond acceptors (Lipinski definition) is 2. The molecule has 0 aliphatic carbocycles. The number of aryl methyl sites for hydroxylation is 1. The average Bonchev–Trinajstić information content (AvgIpc) is 3.27. The van der Waals surface area contributed by atoms with Crippen LogP contribution in [0.1, 0.15) is 31.0 Å². The Hall–Kier alpha value is -3.21. The number of fused-ring (bicyclic) bond motifs is 4. The smallest absolute Gasteiger partial charge is 0.321 e. The number of carbonyl (C=O) groups excluding carboxylic acids is 1. The highest BCUT2D eigenvalue weighted by atomic mass is 16.2. The summed E-state index contributed by atoms with van der Waals surface area (Å²) in [5, 5.41) is 3.09. The van der Waals surface area contributed by atoms with Gasteiger partial charge in [0.15, 0.2) is 0 Å². The Kier molecular flexibility index (Phi) is 4.54. The van der Waals surface area contributed by atoms with Gasteiger partial charge in [-0.3, -0.25) is 0 Å². The van der Waals surface area contributed by atoms with Gasteiger partial charge < -0.3 is 19.7 Å². The van der Waals surface area contributed by atoms with Crippen LogP contribution in [0.15, 0.2) is 66.9 Å². The van der Waals surface area contributed by atoms with Crippen molar-refractivity contribution < 1.29 is 4.79 Å². The third kappa shape index (κ3) is 2.80. The Labute approximate surface area is 177 Å². The standard InChI is InChI=1S/C25H28N4O/c1-3-29-22-12-7-6-11-21(22)28-16-8-13-23(28)25(29)14-17-27(18-15-25)24(30)26-20-10-5-4-9-19(20)2/h4-13,16H,3,14-15,17-18H2,1-2H3,(H,26,30). The lowest BCUT2D eigenvalue weighted by Gasteiger charge is -2.53. The lowest BCUT2D eigenvalue weighted by atomic mass is 9.80. The number of anilines is 2. The first kappa shape index (κ1) is 18.8. The van der Waals surface area contributed by atoms with Crippen LogP contribution in [0.25, 0.3) is 5.69 Å². The minimum atomic E-state index is -0.0773. The molecule has 3 aromatic rings. The third-order valence-corrected chi connectivity index (χ3v) is 6.76. The average molecular weight is 401 g/mol. The van der Waals surface area contributed by atoms with Crippen molar-refractivity contribution in [2.24, 2.45) is 0 Å². The van der Waals surface area contributed by atoms with Crippen LogP contribution >= 0.6 is 0 Å². The van der Waals surface area contributed by atoms with E-state index in [0.29, 0.717) is 0 Å². The van der Waals surface area contributed by atoms with Gasteiger partial charge in [-0.1, -0.05) is 30.3 Å². The summed E-state index contributed by atoms with van der Waals surface area (Å²) < 4.78 is 2.34. The van der Waals surface area contributed by atoms with Gasteiger partial charge in [-0.25, -0.2) is 4.79 Å². The number of urea groups is 1. The number of nitrogens with one attached hydrogen (secondary N) is 1. The molecule has 5 nitrogen and oxygen atoms in total. The molecule has 2 amide bonds. The molecule has 30 heavy (non-hydrogen) atoms. The van der Waals surface area contributed by atoms with Crippen molar-refractivity contribution in [3.63, 3.8) is 0 Å². The van der Waals surface area contributed by atoms with Gasteiger partial charge in [0, 0.05) is 37.2 Å². The second-order valence-corrected chi connectivity index (χ2v) is 8.26. The number of amides is 2. The minimum absolute atomic E-state index is 0.00575. The summed E-state index contributed by atoms with van der Waals surface area (Å²) in [4.78, 5) is 17.4. The van der Waals surface area contributed by atoms with Crippen LogP contribution in [0.5, 0.6) is 0 Å². The normalized spacial score (nSPS) is 16.9. The maximum Gasteiger partial charge on any atom is 0.321 e. The Bertz CT molecular complexity index is 1080. The van der Waals surface area contributed by atoms with Gasteiger partial charge >= 0.3 is 6.03 Å². The van der Waals surface area contributed by atoms with E-state index in [1.165, 1.54) is 17.1 Å². The topological polar surface area (TPSA) is 40.5 Å². The molecule has 0 saturated carbocycles. The Balaban J connectivity index is 1.41. The molecule has 1 N–H and O–H groups in total.